The fourth-order valence-electron chi connectivity index (χ4n) is 0. The minimum absolute atomic E-state index is 0. The third-order valence-electron chi connectivity index (χ3n) is 0. The van der Waals surface area contributed by atoms with E-state index in [9.17, 15) is 0 Å². The minimum atomic E-state index is 0. The molecule has 0 bridgehead atoms. The van der Waals surface area contributed by atoms with Gasteiger partial charge in [-0.1, -0.05) is 0 Å². The van der Waals surface area contributed by atoms with E-state index < -0.39 is 0 Å². The van der Waals surface area contributed by atoms with E-state index in [0.29, 0.717) is 0 Å². The van der Waals surface area contributed by atoms with E-state index in [1.165, 1.54) is 0 Å². The summed E-state index contributed by atoms with van der Waals surface area (Å²) in [5.74, 6) is 0. The van der Waals surface area contributed by atoms with Crippen LogP contribution in [-0.2, 0) is 102 Å². The zero-order valence-corrected chi connectivity index (χ0v) is 8.62. The first-order valence-electron chi connectivity index (χ1n) is 0. The normalized spacial score (nSPS) is 0. The molecular formula is CoCrCuFeMnNi. The van der Waals surface area contributed by atoms with Crippen molar-refractivity contribution in [1.29, 1.82) is 0 Å². The quantitative estimate of drug-likeness (QED) is 0.543. The molecule has 0 heterocycles. The van der Waals surface area contributed by atoms with Crippen LogP contribution in [0.5, 0.6) is 0 Å². The summed E-state index contributed by atoms with van der Waals surface area (Å²) in [6.45, 7) is 0. The van der Waals surface area contributed by atoms with Crippen molar-refractivity contribution in [3.63, 3.8) is 0 Å². The zero-order chi connectivity index (χ0) is 0. The van der Waals surface area contributed by atoms with E-state index in [2.05, 4.69) is 0 Å². The Labute approximate surface area is 100 Å². The van der Waals surface area contributed by atoms with Crippen molar-refractivity contribution in [1.82, 2.24) is 0 Å². The molecule has 6 heteroatoms. The fraction of sp³-hybridized carbons (Fsp3) is 0. The molecule has 0 unspecified atom stereocenters. The van der Waals surface area contributed by atoms with E-state index in [1.54, 1.807) is 0 Å². The van der Waals surface area contributed by atoms with Crippen LogP contribution >= 0.6 is 0 Å². The van der Waals surface area contributed by atoms with Gasteiger partial charge >= 0.3 is 0 Å². The maximum atomic E-state index is 0. The van der Waals surface area contributed by atoms with Crippen LogP contribution in [0.3, 0.4) is 0 Å². The minimum Gasteiger partial charge on any atom is 0 e. The predicted octanol–water partition coefficient (Wildman–Crippen LogP) is -0.0150. The summed E-state index contributed by atoms with van der Waals surface area (Å²) >= 11 is 0. The molecule has 0 nitrogen and oxygen atoms in total. The first-order chi connectivity index (χ1) is 0. The molecule has 0 aliphatic rings. The van der Waals surface area contributed by atoms with E-state index in [1.807, 2.05) is 0 Å². The molecule has 0 aromatic rings. The van der Waals surface area contributed by atoms with Crippen LogP contribution in [0, 0.1) is 0 Å². The van der Waals surface area contributed by atoms with E-state index in [4.69, 9.17) is 0 Å². The molecule has 0 spiro atoms. The summed E-state index contributed by atoms with van der Waals surface area (Å²) in [5.41, 5.74) is 0. The van der Waals surface area contributed by atoms with Gasteiger partial charge in [-0.3, -0.25) is 0 Å². The van der Waals surface area contributed by atoms with Crippen molar-refractivity contribution in [3.8, 4) is 0 Å². The maximum Gasteiger partial charge on any atom is 0 e. The number of hydrogen-bond acceptors (Lipinski definition) is 0. The van der Waals surface area contributed by atoms with Gasteiger partial charge < -0.3 is 0 Å². The van der Waals surface area contributed by atoms with Crippen LogP contribution < -0.4 is 0 Å². The molecule has 0 saturated heterocycles. The number of rotatable bonds is 0. The second-order valence-electron chi connectivity index (χ2n) is 0. The molecule has 0 aliphatic heterocycles. The molecule has 0 N–H and O–H groups in total. The van der Waals surface area contributed by atoms with Crippen molar-refractivity contribution in [2.75, 3.05) is 0 Å². The van der Waals surface area contributed by atoms with Gasteiger partial charge in [0.15, 0.2) is 0 Å². The Kier molecular flexibility index (Phi) is 442. The van der Waals surface area contributed by atoms with E-state index in [-0.39, 0.29) is 102 Å². The Bertz CT molecular complexity index is 15.5. The molecule has 0 amide bonds. The topological polar surface area (TPSA) is 0 Å². The molecular weight excluding hydrogens is 344 g/mol. The standard InChI is InChI=1S/Co.Cr.Cu.Fe.Mn.Ni. The maximum absolute atomic E-state index is 0. The molecule has 51 valence electrons. The van der Waals surface area contributed by atoms with E-state index >= 15 is 0 Å². The third-order valence-corrected chi connectivity index (χ3v) is 0. The smallest absolute Gasteiger partial charge is 0 e. The van der Waals surface area contributed by atoms with Gasteiger partial charge in [-0.2, -0.15) is 0 Å². The summed E-state index contributed by atoms with van der Waals surface area (Å²) in [6, 6.07) is 0. The summed E-state index contributed by atoms with van der Waals surface area (Å²) in [6.07, 6.45) is 0. The van der Waals surface area contributed by atoms with Crippen molar-refractivity contribution in [2.24, 2.45) is 0 Å². The Morgan fingerprint density at radius 2 is 1.00 bits per heavy atom. The largest absolute Gasteiger partial charge is 0 e. The SMILES string of the molecule is [Co].[Cr].[Cu].[Fe].[Mn].[Ni]. The van der Waals surface area contributed by atoms with Crippen molar-refractivity contribution < 1.29 is 102 Å². The molecule has 0 aromatic heterocycles. The first kappa shape index (κ1) is 62.3. The molecule has 0 saturated carbocycles. The fourth-order valence-corrected chi connectivity index (χ4v) is 0. The Morgan fingerprint density at radius 1 is 1.00 bits per heavy atom. The second-order valence-corrected chi connectivity index (χ2v) is 0. The van der Waals surface area contributed by atoms with Gasteiger partial charge in [0.05, 0.1) is 0 Å². The molecule has 0 atom stereocenters. The van der Waals surface area contributed by atoms with E-state index in [0.717, 1.165) is 0 Å². The summed E-state index contributed by atoms with van der Waals surface area (Å²) in [4.78, 5) is 0. The molecule has 3 radical (unpaired) electrons. The van der Waals surface area contributed by atoms with Gasteiger partial charge in [-0.15, -0.1) is 0 Å². The molecule has 0 rings (SSSR count). The van der Waals surface area contributed by atoms with Gasteiger partial charge in [0.2, 0.25) is 0 Å². The Balaban J connectivity index is 0. The van der Waals surface area contributed by atoms with Crippen LogP contribution in [0.25, 0.3) is 0 Å². The van der Waals surface area contributed by atoms with Crippen LogP contribution in [0.1, 0.15) is 0 Å². The number of hydrogen-bond donors (Lipinski definition) is 0. The van der Waals surface area contributed by atoms with Crippen molar-refractivity contribution in [2.45, 2.75) is 0 Å². The van der Waals surface area contributed by atoms with Gasteiger partial charge in [0.25, 0.3) is 0 Å². The zero-order valence-electron chi connectivity index (χ0n) is 2.09. The monoisotopic (exact) mass is 343 g/mol. The average Bonchev–Trinajstić information content (AvgIpc) is 0. The van der Waals surface area contributed by atoms with Crippen LogP contribution in [0.4, 0.5) is 0 Å². The van der Waals surface area contributed by atoms with Gasteiger partial charge in [-0.25, -0.2) is 0 Å². The molecule has 0 aliphatic carbocycles. The molecule has 0 fully saturated rings. The third kappa shape index (κ3) is 27.5. The second kappa shape index (κ2) is 42.6. The van der Waals surface area contributed by atoms with Crippen LogP contribution in [0.15, 0.2) is 0 Å². The Morgan fingerprint density at radius 3 is 1.00 bits per heavy atom. The first-order valence-corrected chi connectivity index (χ1v) is 0. The summed E-state index contributed by atoms with van der Waals surface area (Å²) in [5, 5.41) is 0. The van der Waals surface area contributed by atoms with Gasteiger partial charge in [0.1, 0.15) is 0 Å². The summed E-state index contributed by atoms with van der Waals surface area (Å²) in [7, 11) is 0. The van der Waals surface area contributed by atoms with Crippen LogP contribution in [-0.4, -0.2) is 0 Å². The van der Waals surface area contributed by atoms with Gasteiger partial charge in [-0.05, 0) is 0 Å². The van der Waals surface area contributed by atoms with Crippen molar-refractivity contribution in [3.05, 3.63) is 0 Å². The average molecular weight is 344 g/mol. The Hall–Kier alpha value is 3.09. The molecule has 6 heavy (non-hydrogen) atoms. The molecule has 0 aromatic carbocycles. The van der Waals surface area contributed by atoms with Gasteiger partial charge in [0, 0.05) is 102 Å². The van der Waals surface area contributed by atoms with Crippen molar-refractivity contribution >= 4 is 0 Å². The summed E-state index contributed by atoms with van der Waals surface area (Å²) < 4.78 is 0. The predicted molar refractivity (Wildman–Crippen MR) is 0 cm³/mol. The van der Waals surface area contributed by atoms with Crippen LogP contribution in [0.2, 0.25) is 0 Å².